The molecule has 1 spiro atoms. The predicted molar refractivity (Wildman–Crippen MR) is 273 cm³/mol. The Bertz CT molecular complexity index is 3740. The molecule has 0 radical (unpaired) electrons. The summed E-state index contributed by atoms with van der Waals surface area (Å²) in [4.78, 5) is 2.40. The van der Waals surface area contributed by atoms with Gasteiger partial charge in [-0.1, -0.05) is 190 Å². The van der Waals surface area contributed by atoms with E-state index in [1.807, 2.05) is 6.07 Å². The Balaban J connectivity index is 0.956. The zero-order chi connectivity index (χ0) is 43.7. The number of anilines is 3. The maximum atomic E-state index is 6.50. The predicted octanol–water partition coefficient (Wildman–Crippen LogP) is 17.0. The molecule has 11 aromatic rings. The van der Waals surface area contributed by atoms with Gasteiger partial charge in [-0.25, -0.2) is 0 Å². The van der Waals surface area contributed by atoms with Gasteiger partial charge in [-0.05, 0) is 131 Å². The van der Waals surface area contributed by atoms with Crippen LogP contribution in [-0.4, -0.2) is 0 Å². The maximum absolute atomic E-state index is 6.50. The lowest BCUT2D eigenvalue weighted by Gasteiger charge is -2.35. The molecule has 2 heteroatoms. The van der Waals surface area contributed by atoms with Crippen molar-refractivity contribution < 1.29 is 4.42 Å². The van der Waals surface area contributed by atoms with Crippen molar-refractivity contribution in [3.05, 3.63) is 258 Å². The second-order valence-electron chi connectivity index (χ2n) is 18.7. The fourth-order valence-electron chi connectivity index (χ4n) is 12.3. The minimum atomic E-state index is -0.527. The zero-order valence-electron chi connectivity index (χ0n) is 36.7. The van der Waals surface area contributed by atoms with Gasteiger partial charge in [0, 0.05) is 39.3 Å². The number of nitrogens with zero attached hydrogens (tertiary/aromatic N) is 1. The molecule has 0 saturated carbocycles. The molecule has 14 rings (SSSR count). The molecule has 10 aromatic carbocycles. The normalized spacial score (nSPS) is 14.2. The molecule has 2 nitrogen and oxygen atoms in total. The molecule has 0 aliphatic heterocycles. The van der Waals surface area contributed by atoms with E-state index in [1.165, 1.54) is 89.0 Å². The topological polar surface area (TPSA) is 16.4 Å². The van der Waals surface area contributed by atoms with Crippen molar-refractivity contribution in [3.8, 4) is 55.6 Å². The Hall–Kier alpha value is -8.20. The summed E-state index contributed by atoms with van der Waals surface area (Å²) < 4.78 is 6.50. The van der Waals surface area contributed by atoms with E-state index >= 15 is 0 Å². The Morgan fingerprint density at radius 1 is 0.318 bits per heavy atom. The average Bonchev–Trinajstić information content (AvgIpc) is 3.95. The second kappa shape index (κ2) is 13.7. The van der Waals surface area contributed by atoms with E-state index in [0.717, 1.165) is 39.0 Å². The van der Waals surface area contributed by atoms with Gasteiger partial charge in [0.05, 0.1) is 5.41 Å². The highest BCUT2D eigenvalue weighted by Gasteiger charge is 2.50. The van der Waals surface area contributed by atoms with Gasteiger partial charge in [0.1, 0.15) is 11.2 Å². The summed E-state index contributed by atoms with van der Waals surface area (Å²) in [7, 11) is 0. The number of hydrogen-bond donors (Lipinski definition) is 0. The van der Waals surface area contributed by atoms with Gasteiger partial charge >= 0.3 is 0 Å². The van der Waals surface area contributed by atoms with Crippen LogP contribution in [0.1, 0.15) is 47.2 Å². The molecule has 1 aromatic heterocycles. The number of rotatable bonds is 4. The van der Waals surface area contributed by atoms with Crippen LogP contribution < -0.4 is 4.90 Å². The van der Waals surface area contributed by atoms with Gasteiger partial charge in [0.15, 0.2) is 0 Å². The fraction of sp³-hybridized carbons (Fsp3) is 0.0625. The highest BCUT2D eigenvalue weighted by Crippen LogP contribution is 2.63. The molecular formula is C64H43NO. The summed E-state index contributed by atoms with van der Waals surface area (Å²) in [6.45, 7) is 4.71. The molecule has 0 N–H and O–H groups in total. The minimum absolute atomic E-state index is 0.136. The third kappa shape index (κ3) is 4.96. The Kier molecular flexibility index (Phi) is 7.70. The van der Waals surface area contributed by atoms with E-state index in [2.05, 4.69) is 237 Å². The number of para-hydroxylation sites is 1. The van der Waals surface area contributed by atoms with Crippen molar-refractivity contribution in [2.75, 3.05) is 4.90 Å². The molecule has 0 saturated heterocycles. The van der Waals surface area contributed by atoms with Crippen LogP contribution in [0.2, 0.25) is 0 Å². The van der Waals surface area contributed by atoms with Crippen molar-refractivity contribution in [1.29, 1.82) is 0 Å². The molecule has 0 amide bonds. The molecule has 1 heterocycles. The van der Waals surface area contributed by atoms with Crippen molar-refractivity contribution in [2.45, 2.75) is 24.7 Å². The Labute approximate surface area is 384 Å². The number of fused-ring (bicyclic) bond motifs is 18. The quantitative estimate of drug-likeness (QED) is 0.176. The van der Waals surface area contributed by atoms with Gasteiger partial charge in [-0.3, -0.25) is 0 Å². The van der Waals surface area contributed by atoms with Gasteiger partial charge in [0.25, 0.3) is 0 Å². The van der Waals surface area contributed by atoms with Crippen LogP contribution in [0, 0.1) is 0 Å². The largest absolute Gasteiger partial charge is 0.456 e. The molecular weight excluding hydrogens is 799 g/mol. The number of benzene rings is 10. The lowest BCUT2D eigenvalue weighted by molar-refractivity contribution is 0.660. The summed E-state index contributed by atoms with van der Waals surface area (Å²) >= 11 is 0. The summed E-state index contributed by atoms with van der Waals surface area (Å²) in [5.41, 5.74) is 25.1. The van der Waals surface area contributed by atoms with E-state index in [1.54, 1.807) is 0 Å². The van der Waals surface area contributed by atoms with Crippen LogP contribution >= 0.6 is 0 Å². The molecule has 66 heavy (non-hydrogen) atoms. The average molecular weight is 842 g/mol. The van der Waals surface area contributed by atoms with Crippen molar-refractivity contribution in [2.24, 2.45) is 0 Å². The number of furan rings is 1. The summed E-state index contributed by atoms with van der Waals surface area (Å²) in [6.07, 6.45) is 0. The molecule has 0 fully saturated rings. The molecule has 0 bridgehead atoms. The maximum Gasteiger partial charge on any atom is 0.137 e. The van der Waals surface area contributed by atoms with Crippen molar-refractivity contribution >= 4 is 39.0 Å². The first-order valence-electron chi connectivity index (χ1n) is 23.1. The first-order chi connectivity index (χ1) is 32.5. The third-order valence-corrected chi connectivity index (χ3v) is 15.1. The molecule has 3 aliphatic carbocycles. The monoisotopic (exact) mass is 841 g/mol. The Morgan fingerprint density at radius 3 is 1.48 bits per heavy atom. The van der Waals surface area contributed by atoms with Crippen LogP contribution in [0.25, 0.3) is 77.6 Å². The third-order valence-electron chi connectivity index (χ3n) is 15.1. The van der Waals surface area contributed by atoms with Crippen molar-refractivity contribution in [3.63, 3.8) is 0 Å². The first kappa shape index (κ1) is 37.2. The van der Waals surface area contributed by atoms with E-state index in [0.29, 0.717) is 0 Å². The van der Waals surface area contributed by atoms with Crippen LogP contribution in [0.15, 0.2) is 229 Å². The van der Waals surface area contributed by atoms with Gasteiger partial charge < -0.3 is 9.32 Å². The van der Waals surface area contributed by atoms with Crippen molar-refractivity contribution in [1.82, 2.24) is 0 Å². The lowest BCUT2D eigenvalue weighted by Crippen LogP contribution is -2.29. The number of hydrogen-bond acceptors (Lipinski definition) is 2. The zero-order valence-corrected chi connectivity index (χ0v) is 36.7. The SMILES string of the molecule is CC1(C)c2ccccc2-c2ccc(N(c3ccc(-c4cccc5c4-c4ccccc4C54c5ccccc5-c5ccccc5-c5ccccc54)cc3)c3ccc4c(c3)oc3ccccc34)cc21. The molecule has 3 aliphatic rings. The fourth-order valence-corrected chi connectivity index (χ4v) is 12.3. The molecule has 0 unspecified atom stereocenters. The van der Waals surface area contributed by atoms with Crippen LogP contribution in [0.4, 0.5) is 17.1 Å². The van der Waals surface area contributed by atoms with Gasteiger partial charge in [-0.15, -0.1) is 0 Å². The van der Waals surface area contributed by atoms with Gasteiger partial charge in [-0.2, -0.15) is 0 Å². The summed E-state index contributed by atoms with van der Waals surface area (Å²) in [5.74, 6) is 0. The van der Waals surface area contributed by atoms with Gasteiger partial charge in [0.2, 0.25) is 0 Å². The van der Waals surface area contributed by atoms with Crippen LogP contribution in [-0.2, 0) is 10.8 Å². The van der Waals surface area contributed by atoms with Crippen LogP contribution in [0.5, 0.6) is 0 Å². The second-order valence-corrected chi connectivity index (χ2v) is 18.7. The first-order valence-corrected chi connectivity index (χ1v) is 23.1. The van der Waals surface area contributed by atoms with E-state index in [-0.39, 0.29) is 5.41 Å². The van der Waals surface area contributed by atoms with E-state index in [9.17, 15) is 0 Å². The smallest absolute Gasteiger partial charge is 0.137 e. The summed E-state index contributed by atoms with van der Waals surface area (Å²) in [6, 6.07) is 83.4. The van der Waals surface area contributed by atoms with Crippen LogP contribution in [0.3, 0.4) is 0 Å². The molecule has 0 atom stereocenters. The standard InChI is InChI=1S/C64H43NO/c1-63(2)54-24-10-5-20-49(54)50-36-34-42(38-59(50)63)65(43-35-37-52-51-21-9-14-29-60(51)66-61(52)39-43)41-32-30-40(31-33-41)44-23-15-28-58-62(44)53-22-8-13-27-57(53)64(58)55-25-11-6-18-47(55)45-16-3-4-17-46(45)48-19-7-12-26-56(48)64/h3-39H,1-2H3. The highest BCUT2D eigenvalue weighted by atomic mass is 16.3. The van der Waals surface area contributed by atoms with E-state index < -0.39 is 5.41 Å². The molecule has 310 valence electrons. The van der Waals surface area contributed by atoms with E-state index in [4.69, 9.17) is 4.42 Å². The lowest BCUT2D eigenvalue weighted by atomic mass is 9.66. The Morgan fingerprint density at radius 2 is 0.788 bits per heavy atom. The summed E-state index contributed by atoms with van der Waals surface area (Å²) in [5, 5.41) is 2.25. The highest BCUT2D eigenvalue weighted by molar-refractivity contribution is 6.06. The minimum Gasteiger partial charge on any atom is -0.456 e.